The van der Waals surface area contributed by atoms with E-state index in [1.54, 1.807) is 0 Å². The molecule has 1 fully saturated rings. The number of furan rings is 1. The zero-order valence-electron chi connectivity index (χ0n) is 12.1. The third-order valence-electron chi connectivity index (χ3n) is 4.38. The van der Waals surface area contributed by atoms with Gasteiger partial charge in [0.15, 0.2) is 0 Å². The summed E-state index contributed by atoms with van der Waals surface area (Å²) in [4.78, 5) is 2.37. The van der Waals surface area contributed by atoms with Crippen LogP contribution < -0.4 is 0 Å². The number of piperidine rings is 1. The van der Waals surface area contributed by atoms with Crippen LogP contribution in [0, 0.1) is 5.92 Å². The lowest BCUT2D eigenvalue weighted by atomic mass is 9.95. The molecule has 2 atom stereocenters. The summed E-state index contributed by atoms with van der Waals surface area (Å²) in [6.07, 6.45) is 3.27. The Kier molecular flexibility index (Phi) is 4.08. The summed E-state index contributed by atoms with van der Waals surface area (Å²) < 4.78 is 5.75. The molecule has 0 amide bonds. The first-order valence-electron chi connectivity index (χ1n) is 7.65. The largest absolute Gasteiger partial charge is 0.458 e. The molecule has 0 aliphatic carbocycles. The van der Waals surface area contributed by atoms with Gasteiger partial charge in [0.2, 0.25) is 0 Å². The zero-order chi connectivity index (χ0) is 13.9. The normalized spacial score (nSPS) is 22.2. The van der Waals surface area contributed by atoms with Crippen molar-refractivity contribution in [3.63, 3.8) is 0 Å². The van der Waals surface area contributed by atoms with Crippen molar-refractivity contribution in [2.45, 2.75) is 32.3 Å². The maximum absolute atomic E-state index is 10.4. The lowest BCUT2D eigenvalue weighted by molar-refractivity contribution is 0.0714. The zero-order valence-corrected chi connectivity index (χ0v) is 12.1. The van der Waals surface area contributed by atoms with Crippen LogP contribution in [0.4, 0.5) is 0 Å². The minimum Gasteiger partial charge on any atom is -0.458 e. The predicted octanol–water partition coefficient (Wildman–Crippen LogP) is 3.59. The summed E-state index contributed by atoms with van der Waals surface area (Å²) >= 11 is 0. The average molecular weight is 273 g/mol. The van der Waals surface area contributed by atoms with Crippen LogP contribution in [0.5, 0.6) is 0 Å². The van der Waals surface area contributed by atoms with Crippen molar-refractivity contribution in [2.75, 3.05) is 19.6 Å². The minimum atomic E-state index is -0.530. The fourth-order valence-electron chi connectivity index (χ4n) is 3.15. The van der Waals surface area contributed by atoms with Gasteiger partial charge >= 0.3 is 0 Å². The lowest BCUT2D eigenvalue weighted by Crippen LogP contribution is -2.37. The van der Waals surface area contributed by atoms with Gasteiger partial charge in [-0.25, -0.2) is 0 Å². The van der Waals surface area contributed by atoms with E-state index >= 15 is 0 Å². The molecule has 1 saturated heterocycles. The van der Waals surface area contributed by atoms with Crippen molar-refractivity contribution in [3.05, 3.63) is 36.1 Å². The van der Waals surface area contributed by atoms with Gasteiger partial charge in [0.05, 0.1) is 0 Å². The first-order valence-corrected chi connectivity index (χ1v) is 7.65. The standard InChI is InChI=1S/C17H23NO2/c1-2-13-6-5-9-18(11-13)12-15(19)17-10-14-7-3-4-8-16(14)20-17/h3-4,7-8,10,13,15,19H,2,5-6,9,11-12H2,1H3. The molecule has 108 valence electrons. The third kappa shape index (κ3) is 2.89. The number of aliphatic hydroxyl groups is 1. The van der Waals surface area contributed by atoms with Gasteiger partial charge in [0.1, 0.15) is 17.4 Å². The molecule has 1 N–H and O–H groups in total. The summed E-state index contributed by atoms with van der Waals surface area (Å²) in [5, 5.41) is 11.5. The molecule has 0 bridgehead atoms. The maximum atomic E-state index is 10.4. The highest BCUT2D eigenvalue weighted by molar-refractivity contribution is 5.77. The Labute approximate surface area is 120 Å². The fraction of sp³-hybridized carbons (Fsp3) is 0.529. The van der Waals surface area contributed by atoms with Gasteiger partial charge in [0.25, 0.3) is 0 Å². The molecule has 2 heterocycles. The first kappa shape index (κ1) is 13.7. The molecule has 3 rings (SSSR count). The topological polar surface area (TPSA) is 36.6 Å². The van der Waals surface area contributed by atoms with Gasteiger partial charge in [-0.15, -0.1) is 0 Å². The Hall–Kier alpha value is -1.32. The molecule has 0 spiro atoms. The molecule has 1 aromatic heterocycles. The number of fused-ring (bicyclic) bond motifs is 1. The number of nitrogens with zero attached hydrogens (tertiary/aromatic N) is 1. The minimum absolute atomic E-state index is 0.530. The second kappa shape index (κ2) is 5.98. The van der Waals surface area contributed by atoms with E-state index in [1.807, 2.05) is 30.3 Å². The predicted molar refractivity (Wildman–Crippen MR) is 80.6 cm³/mol. The molecule has 2 unspecified atom stereocenters. The van der Waals surface area contributed by atoms with Crippen molar-refractivity contribution in [3.8, 4) is 0 Å². The van der Waals surface area contributed by atoms with Gasteiger partial charge in [-0.3, -0.25) is 0 Å². The number of likely N-dealkylation sites (tertiary alicyclic amines) is 1. The average Bonchev–Trinajstić information content (AvgIpc) is 2.91. The molecule has 1 aliphatic rings. The van der Waals surface area contributed by atoms with E-state index in [1.165, 1.54) is 19.3 Å². The Bertz CT molecular complexity index is 530. The maximum Gasteiger partial charge on any atom is 0.135 e. The van der Waals surface area contributed by atoms with Gasteiger partial charge in [-0.2, -0.15) is 0 Å². The second-order valence-electron chi connectivity index (χ2n) is 5.88. The number of para-hydroxylation sites is 1. The van der Waals surface area contributed by atoms with Gasteiger partial charge in [-0.05, 0) is 37.4 Å². The number of aliphatic hydroxyl groups excluding tert-OH is 1. The summed E-state index contributed by atoms with van der Waals surface area (Å²) in [6.45, 7) is 5.13. The molecule has 3 heteroatoms. The van der Waals surface area contributed by atoms with E-state index in [0.717, 1.165) is 30.0 Å². The van der Waals surface area contributed by atoms with E-state index in [2.05, 4.69) is 11.8 Å². The van der Waals surface area contributed by atoms with Crippen molar-refractivity contribution in [1.29, 1.82) is 0 Å². The molecule has 1 aromatic carbocycles. The number of hydrogen-bond acceptors (Lipinski definition) is 3. The van der Waals surface area contributed by atoms with Crippen LogP contribution in [-0.4, -0.2) is 29.6 Å². The van der Waals surface area contributed by atoms with E-state index in [0.29, 0.717) is 12.3 Å². The summed E-state index contributed by atoms with van der Waals surface area (Å²) in [7, 11) is 0. The van der Waals surface area contributed by atoms with Crippen LogP contribution in [-0.2, 0) is 0 Å². The number of benzene rings is 1. The molecular weight excluding hydrogens is 250 g/mol. The Morgan fingerprint density at radius 2 is 2.25 bits per heavy atom. The quantitative estimate of drug-likeness (QED) is 0.925. The number of hydrogen-bond donors (Lipinski definition) is 1. The van der Waals surface area contributed by atoms with Crippen molar-refractivity contribution >= 4 is 11.0 Å². The van der Waals surface area contributed by atoms with Gasteiger partial charge < -0.3 is 14.4 Å². The summed E-state index contributed by atoms with van der Waals surface area (Å²) in [5.74, 6) is 1.47. The summed E-state index contributed by atoms with van der Waals surface area (Å²) in [6, 6.07) is 9.87. The molecule has 20 heavy (non-hydrogen) atoms. The van der Waals surface area contributed by atoms with E-state index in [-0.39, 0.29) is 0 Å². The highest BCUT2D eigenvalue weighted by atomic mass is 16.4. The molecular formula is C17H23NO2. The lowest BCUT2D eigenvalue weighted by Gasteiger charge is -2.33. The van der Waals surface area contributed by atoms with Crippen molar-refractivity contribution in [2.24, 2.45) is 5.92 Å². The highest BCUT2D eigenvalue weighted by Crippen LogP contribution is 2.26. The van der Waals surface area contributed by atoms with Gasteiger partial charge in [-0.1, -0.05) is 31.5 Å². The summed E-state index contributed by atoms with van der Waals surface area (Å²) in [5.41, 5.74) is 0.853. The third-order valence-corrected chi connectivity index (χ3v) is 4.38. The van der Waals surface area contributed by atoms with Crippen molar-refractivity contribution in [1.82, 2.24) is 4.90 Å². The van der Waals surface area contributed by atoms with E-state index < -0.39 is 6.10 Å². The van der Waals surface area contributed by atoms with E-state index in [4.69, 9.17) is 4.42 Å². The Balaban J connectivity index is 1.67. The van der Waals surface area contributed by atoms with Crippen LogP contribution in [0.1, 0.15) is 38.1 Å². The number of rotatable bonds is 4. The Morgan fingerprint density at radius 3 is 3.05 bits per heavy atom. The van der Waals surface area contributed by atoms with Crippen LogP contribution in [0.2, 0.25) is 0 Å². The molecule has 1 aliphatic heterocycles. The van der Waals surface area contributed by atoms with Crippen LogP contribution >= 0.6 is 0 Å². The molecule has 0 radical (unpaired) electrons. The number of β-amino-alcohol motifs (C(OH)–C–C–N with tert-alkyl or cyclic N) is 1. The smallest absolute Gasteiger partial charge is 0.135 e. The second-order valence-corrected chi connectivity index (χ2v) is 5.88. The monoisotopic (exact) mass is 273 g/mol. The molecule has 2 aromatic rings. The van der Waals surface area contributed by atoms with Crippen LogP contribution in [0.25, 0.3) is 11.0 Å². The fourth-order valence-corrected chi connectivity index (χ4v) is 3.15. The molecule has 0 saturated carbocycles. The Morgan fingerprint density at radius 1 is 1.40 bits per heavy atom. The van der Waals surface area contributed by atoms with Crippen LogP contribution in [0.15, 0.2) is 34.7 Å². The van der Waals surface area contributed by atoms with Crippen LogP contribution in [0.3, 0.4) is 0 Å². The SMILES string of the molecule is CCC1CCCN(CC(O)c2cc3ccccc3o2)C1. The van der Waals surface area contributed by atoms with E-state index in [9.17, 15) is 5.11 Å². The highest BCUT2D eigenvalue weighted by Gasteiger charge is 2.22. The first-order chi connectivity index (χ1) is 9.76. The van der Waals surface area contributed by atoms with Crippen molar-refractivity contribution < 1.29 is 9.52 Å². The van der Waals surface area contributed by atoms with Gasteiger partial charge in [0, 0.05) is 18.5 Å². The molecule has 3 nitrogen and oxygen atoms in total.